The number of nitrogens with zero attached hydrogens (tertiary/aromatic N) is 3. The first-order valence-corrected chi connectivity index (χ1v) is 12.3. The number of aromatic amines is 1. The Morgan fingerprint density at radius 1 is 1.24 bits per heavy atom. The maximum Gasteiger partial charge on any atom is 0.262 e. The number of aromatic nitrogens is 4. The molecule has 0 bridgehead atoms. The van der Waals surface area contributed by atoms with Gasteiger partial charge >= 0.3 is 0 Å². The Balaban J connectivity index is 1.46. The second kappa shape index (κ2) is 10.8. The normalized spacial score (nSPS) is 11.1. The highest BCUT2D eigenvalue weighted by Crippen LogP contribution is 2.28. The summed E-state index contributed by atoms with van der Waals surface area (Å²) in [6.45, 7) is 0.998. The summed E-state index contributed by atoms with van der Waals surface area (Å²) in [6, 6.07) is 14.9. The molecule has 33 heavy (non-hydrogen) atoms. The van der Waals surface area contributed by atoms with E-state index >= 15 is 0 Å². The number of benzene rings is 2. The minimum atomic E-state index is -0.337. The quantitative estimate of drug-likeness (QED) is 0.151. The molecule has 2 aromatic carbocycles. The van der Waals surface area contributed by atoms with E-state index in [2.05, 4.69) is 32.6 Å². The second-order valence-electron chi connectivity index (χ2n) is 7.10. The van der Waals surface area contributed by atoms with Gasteiger partial charge in [-0.1, -0.05) is 53.4 Å². The van der Waals surface area contributed by atoms with Crippen LogP contribution >= 0.6 is 35.3 Å². The van der Waals surface area contributed by atoms with Crippen LogP contribution in [0.4, 0.5) is 5.13 Å². The van der Waals surface area contributed by atoms with Crippen LogP contribution in [0.5, 0.6) is 0 Å². The fourth-order valence-corrected chi connectivity index (χ4v) is 5.16. The summed E-state index contributed by atoms with van der Waals surface area (Å²) >= 11 is 8.22. The average molecular weight is 500 g/mol. The zero-order chi connectivity index (χ0) is 23.2. The molecule has 0 saturated carbocycles. The molecule has 0 aliphatic carbocycles. The van der Waals surface area contributed by atoms with Crippen LogP contribution in [0.15, 0.2) is 57.7 Å². The van der Waals surface area contributed by atoms with Gasteiger partial charge in [0.1, 0.15) is 0 Å². The molecule has 0 radical (unpaired) electrons. The molecular formula is C22H21N5O3S3. The van der Waals surface area contributed by atoms with E-state index < -0.39 is 0 Å². The van der Waals surface area contributed by atoms with E-state index in [1.807, 2.05) is 18.2 Å². The van der Waals surface area contributed by atoms with Crippen LogP contribution in [0, 0.1) is 4.77 Å². The molecule has 11 heteroatoms. The van der Waals surface area contributed by atoms with Gasteiger partial charge in [0.05, 0.1) is 10.9 Å². The number of ether oxygens (including phenoxy) is 1. The number of carbonyl (C=O) groups is 1. The third-order valence-electron chi connectivity index (χ3n) is 4.81. The molecule has 0 spiro atoms. The third-order valence-corrected chi connectivity index (χ3v) is 7.17. The molecule has 1 amide bonds. The molecule has 0 saturated heterocycles. The van der Waals surface area contributed by atoms with Crippen LogP contribution < -0.4 is 10.9 Å². The lowest BCUT2D eigenvalue weighted by molar-refractivity contribution is 0.102. The lowest BCUT2D eigenvalue weighted by Crippen LogP contribution is -2.23. The maximum absolute atomic E-state index is 12.8. The van der Waals surface area contributed by atoms with Crippen LogP contribution in [0.3, 0.4) is 0 Å². The first-order chi connectivity index (χ1) is 16.0. The SMILES string of the molecule is COCCCn1c(=S)[nH]c2cc(C(=O)Nc3nnc(SCc4ccccc4)s3)ccc2c1=O. The molecule has 8 nitrogen and oxygen atoms in total. The van der Waals surface area contributed by atoms with Crippen LogP contribution in [-0.4, -0.2) is 39.4 Å². The molecular weight excluding hydrogens is 478 g/mol. The molecule has 2 heterocycles. The van der Waals surface area contributed by atoms with Gasteiger partial charge < -0.3 is 9.72 Å². The summed E-state index contributed by atoms with van der Waals surface area (Å²) in [7, 11) is 1.61. The Kier molecular flexibility index (Phi) is 7.65. The van der Waals surface area contributed by atoms with Gasteiger partial charge in [-0.3, -0.25) is 19.5 Å². The number of carbonyl (C=O) groups excluding carboxylic acids is 1. The fourth-order valence-electron chi connectivity index (χ4n) is 3.17. The molecule has 2 aromatic heterocycles. The molecule has 0 unspecified atom stereocenters. The fraction of sp³-hybridized carbons (Fsp3) is 0.227. The number of nitrogens with one attached hydrogen (secondary N) is 2. The van der Waals surface area contributed by atoms with Crippen molar-refractivity contribution in [1.82, 2.24) is 19.7 Å². The van der Waals surface area contributed by atoms with Crippen molar-refractivity contribution in [3.63, 3.8) is 0 Å². The number of hydrogen-bond donors (Lipinski definition) is 2. The van der Waals surface area contributed by atoms with Crippen molar-refractivity contribution in [3.05, 3.63) is 74.8 Å². The summed E-state index contributed by atoms with van der Waals surface area (Å²) < 4.78 is 7.63. The largest absolute Gasteiger partial charge is 0.385 e. The number of rotatable bonds is 9. The van der Waals surface area contributed by atoms with E-state index in [1.165, 1.54) is 21.5 Å². The van der Waals surface area contributed by atoms with Gasteiger partial charge in [0, 0.05) is 31.6 Å². The average Bonchev–Trinajstić information content (AvgIpc) is 3.27. The Hall–Kier alpha value is -2.86. The Labute approximate surface area is 203 Å². The number of thioether (sulfide) groups is 1. The molecule has 0 aliphatic rings. The molecule has 4 aromatic rings. The summed E-state index contributed by atoms with van der Waals surface area (Å²) in [5.41, 5.74) is 1.89. The van der Waals surface area contributed by atoms with E-state index in [1.54, 1.807) is 37.1 Å². The highest BCUT2D eigenvalue weighted by Gasteiger charge is 2.13. The van der Waals surface area contributed by atoms with Crippen LogP contribution in [0.25, 0.3) is 10.9 Å². The first-order valence-electron chi connectivity index (χ1n) is 10.1. The first kappa shape index (κ1) is 23.3. The molecule has 0 atom stereocenters. The molecule has 2 N–H and O–H groups in total. The smallest absolute Gasteiger partial charge is 0.262 e. The highest BCUT2D eigenvalue weighted by atomic mass is 32.2. The number of fused-ring (bicyclic) bond motifs is 1. The van der Waals surface area contributed by atoms with Gasteiger partial charge in [-0.05, 0) is 42.4 Å². The van der Waals surface area contributed by atoms with Crippen molar-refractivity contribution in [2.24, 2.45) is 0 Å². The number of methoxy groups -OCH3 is 1. The zero-order valence-corrected chi connectivity index (χ0v) is 20.2. The number of hydrogen-bond acceptors (Lipinski definition) is 8. The van der Waals surface area contributed by atoms with E-state index in [0.717, 1.165) is 10.1 Å². The lowest BCUT2D eigenvalue weighted by atomic mass is 10.1. The molecule has 0 fully saturated rings. The minimum Gasteiger partial charge on any atom is -0.385 e. The monoisotopic (exact) mass is 499 g/mol. The lowest BCUT2D eigenvalue weighted by Gasteiger charge is -2.09. The van der Waals surface area contributed by atoms with Crippen molar-refractivity contribution in [2.75, 3.05) is 19.0 Å². The van der Waals surface area contributed by atoms with Gasteiger partial charge in [0.25, 0.3) is 11.5 Å². The molecule has 0 aliphatic heterocycles. The van der Waals surface area contributed by atoms with Gasteiger partial charge in [-0.15, -0.1) is 10.2 Å². The number of amides is 1. The summed E-state index contributed by atoms with van der Waals surface area (Å²) in [5, 5.41) is 11.8. The van der Waals surface area contributed by atoms with Crippen molar-refractivity contribution in [3.8, 4) is 0 Å². The van der Waals surface area contributed by atoms with Gasteiger partial charge in [-0.2, -0.15) is 0 Å². The predicted molar refractivity (Wildman–Crippen MR) is 134 cm³/mol. The highest BCUT2D eigenvalue weighted by molar-refractivity contribution is 8.00. The van der Waals surface area contributed by atoms with E-state index in [-0.39, 0.29) is 11.5 Å². The topological polar surface area (TPSA) is 102 Å². The van der Waals surface area contributed by atoms with Crippen molar-refractivity contribution in [1.29, 1.82) is 0 Å². The standard InChI is InChI=1S/C22H21N5O3S3/c1-30-11-5-10-27-19(29)16-9-8-15(12-17(16)23-21(27)31)18(28)24-20-25-26-22(33-20)32-13-14-6-3-2-4-7-14/h2-4,6-9,12H,5,10-11,13H2,1H3,(H,23,31)(H,24,25,28). The molecule has 170 valence electrons. The van der Waals surface area contributed by atoms with Gasteiger partial charge in [0.2, 0.25) is 5.13 Å². The van der Waals surface area contributed by atoms with Crippen molar-refractivity contribution in [2.45, 2.75) is 23.1 Å². The minimum absolute atomic E-state index is 0.194. The summed E-state index contributed by atoms with van der Waals surface area (Å²) in [6.07, 6.45) is 0.674. The number of H-pyrrole nitrogens is 1. The van der Waals surface area contributed by atoms with Crippen LogP contribution in [-0.2, 0) is 17.0 Å². The van der Waals surface area contributed by atoms with E-state index in [9.17, 15) is 9.59 Å². The van der Waals surface area contributed by atoms with Gasteiger partial charge in [0.15, 0.2) is 9.11 Å². The van der Waals surface area contributed by atoms with Gasteiger partial charge in [-0.25, -0.2) is 0 Å². The molecule has 4 rings (SSSR count). The maximum atomic E-state index is 12.8. The second-order valence-corrected chi connectivity index (χ2v) is 9.68. The Morgan fingerprint density at radius 3 is 2.85 bits per heavy atom. The Bertz CT molecular complexity index is 1380. The van der Waals surface area contributed by atoms with Crippen molar-refractivity contribution < 1.29 is 9.53 Å². The number of anilines is 1. The predicted octanol–water partition coefficient (Wildman–Crippen LogP) is 4.49. The zero-order valence-electron chi connectivity index (χ0n) is 17.7. The van der Waals surface area contributed by atoms with Crippen LogP contribution in [0.1, 0.15) is 22.3 Å². The van der Waals surface area contributed by atoms with E-state index in [4.69, 9.17) is 17.0 Å². The summed E-state index contributed by atoms with van der Waals surface area (Å²) in [4.78, 5) is 28.6. The van der Waals surface area contributed by atoms with Crippen molar-refractivity contribution >= 4 is 57.3 Å². The van der Waals surface area contributed by atoms with Crippen LogP contribution in [0.2, 0.25) is 0 Å². The van der Waals surface area contributed by atoms with E-state index in [0.29, 0.717) is 45.9 Å². The Morgan fingerprint density at radius 2 is 2.06 bits per heavy atom. The summed E-state index contributed by atoms with van der Waals surface area (Å²) in [5.74, 6) is 0.437. The third kappa shape index (κ3) is 5.74.